The van der Waals surface area contributed by atoms with Crippen LogP contribution in [0.4, 0.5) is 13.2 Å². The summed E-state index contributed by atoms with van der Waals surface area (Å²) < 4.78 is 72.2. The standard InChI is InChI=1S/C26H34N4O7S.C2HF3O2/c1-8-35-19-12-16-13-30(24(27)21(16)29-22(19)25(32)28-6)14-18(31)15-10-17(26(3,4)5)23(37-38(7,33)34)20(11-15)36-9-2;3-2(4,5)1(6)7/h10-12,27H,8-9,13-14H2,1-7H3,(H,28,32);(H,6,7). The van der Waals surface area contributed by atoms with Gasteiger partial charge in [-0.15, -0.1) is 0 Å². The van der Waals surface area contributed by atoms with Gasteiger partial charge in [0.05, 0.1) is 26.0 Å². The largest absolute Gasteiger partial charge is 0.491 e. The molecule has 0 aliphatic carbocycles. The molecule has 1 aromatic heterocycles. The second-order valence-electron chi connectivity index (χ2n) is 10.6. The molecule has 1 aromatic carbocycles. The lowest BCUT2D eigenvalue weighted by atomic mass is 9.84. The van der Waals surface area contributed by atoms with Crippen LogP contribution < -0.4 is 19.0 Å². The van der Waals surface area contributed by atoms with E-state index in [0.717, 1.165) is 6.26 Å². The van der Waals surface area contributed by atoms with E-state index < -0.39 is 33.6 Å². The molecule has 17 heteroatoms. The lowest BCUT2D eigenvalue weighted by Crippen LogP contribution is -2.31. The van der Waals surface area contributed by atoms with Crippen LogP contribution in [-0.2, 0) is 26.9 Å². The van der Waals surface area contributed by atoms with Gasteiger partial charge in [0.2, 0.25) is 0 Å². The number of carbonyl (C=O) groups is 3. The predicted octanol–water partition coefficient (Wildman–Crippen LogP) is 3.53. The molecule has 248 valence electrons. The van der Waals surface area contributed by atoms with Gasteiger partial charge >= 0.3 is 22.3 Å². The number of hydrogen-bond donors (Lipinski definition) is 3. The number of hydrogen-bond acceptors (Lipinski definition) is 10. The van der Waals surface area contributed by atoms with Crippen LogP contribution in [0.3, 0.4) is 0 Å². The third-order valence-electron chi connectivity index (χ3n) is 6.01. The van der Waals surface area contributed by atoms with Crippen LogP contribution in [0.15, 0.2) is 18.2 Å². The number of benzene rings is 1. The molecule has 0 spiro atoms. The normalized spacial score (nSPS) is 12.9. The van der Waals surface area contributed by atoms with Gasteiger partial charge in [-0.25, -0.2) is 9.78 Å². The summed E-state index contributed by atoms with van der Waals surface area (Å²) in [5, 5.41) is 18.3. The summed E-state index contributed by atoms with van der Waals surface area (Å²) in [5.74, 6) is -2.98. The molecule has 3 N–H and O–H groups in total. The molecule has 45 heavy (non-hydrogen) atoms. The summed E-state index contributed by atoms with van der Waals surface area (Å²) in [7, 11) is -2.37. The second kappa shape index (κ2) is 14.1. The number of amides is 1. The second-order valence-corrected chi connectivity index (χ2v) is 12.2. The van der Waals surface area contributed by atoms with Gasteiger partial charge in [-0.05, 0) is 37.5 Å². The summed E-state index contributed by atoms with van der Waals surface area (Å²) in [6, 6.07) is 4.74. The van der Waals surface area contributed by atoms with Gasteiger partial charge in [0.25, 0.3) is 5.91 Å². The first kappa shape index (κ1) is 36.8. The van der Waals surface area contributed by atoms with E-state index in [1.807, 2.05) is 20.8 Å². The first-order valence-corrected chi connectivity index (χ1v) is 15.2. The maximum absolute atomic E-state index is 13.5. The Morgan fingerprint density at radius 3 is 2.09 bits per heavy atom. The van der Waals surface area contributed by atoms with Crippen LogP contribution in [0, 0.1) is 5.41 Å². The molecule has 0 fully saturated rings. The SMILES string of the molecule is CCOc1cc2c(nc1C(=O)NC)C(=N)N(CC(=O)c1cc(OCC)c(OS(C)(=O)=O)c(C(C)(C)C)c1)C2.O=C(O)C(F)(F)F. The number of nitrogens with zero attached hydrogens (tertiary/aromatic N) is 2. The molecular formula is C28H35F3N4O9S. The molecule has 2 aromatic rings. The molecule has 0 bridgehead atoms. The number of alkyl halides is 3. The molecular weight excluding hydrogens is 625 g/mol. The van der Waals surface area contributed by atoms with Gasteiger partial charge in [-0.1, -0.05) is 20.8 Å². The Labute approximate surface area is 258 Å². The van der Waals surface area contributed by atoms with Crippen LogP contribution >= 0.6 is 0 Å². The molecule has 1 aliphatic rings. The zero-order valence-corrected chi connectivity index (χ0v) is 26.5. The summed E-state index contributed by atoms with van der Waals surface area (Å²) in [4.78, 5) is 40.6. The number of Topliss-reactive ketones (excluding diaryl/α,β-unsaturated/α-hetero) is 1. The Morgan fingerprint density at radius 1 is 1.07 bits per heavy atom. The van der Waals surface area contributed by atoms with Crippen molar-refractivity contribution < 1.29 is 54.7 Å². The van der Waals surface area contributed by atoms with E-state index in [2.05, 4.69) is 10.3 Å². The smallest absolute Gasteiger partial charge is 0.490 e. The van der Waals surface area contributed by atoms with Crippen molar-refractivity contribution in [2.45, 2.75) is 52.8 Å². The number of nitrogens with one attached hydrogen (secondary N) is 2. The highest BCUT2D eigenvalue weighted by molar-refractivity contribution is 7.86. The topological polar surface area (TPSA) is 185 Å². The number of carbonyl (C=O) groups excluding carboxylic acids is 2. The minimum atomic E-state index is -5.08. The maximum atomic E-state index is 13.5. The Kier molecular flexibility index (Phi) is 11.6. The highest BCUT2D eigenvalue weighted by Gasteiger charge is 2.38. The summed E-state index contributed by atoms with van der Waals surface area (Å²) in [6.07, 6.45) is -4.13. The molecule has 2 heterocycles. The Bertz CT molecular complexity index is 1590. The molecule has 0 saturated heterocycles. The van der Waals surface area contributed by atoms with E-state index in [4.69, 9.17) is 29.0 Å². The van der Waals surface area contributed by atoms with Crippen molar-refractivity contribution in [3.8, 4) is 17.2 Å². The van der Waals surface area contributed by atoms with Crippen LogP contribution in [0.5, 0.6) is 17.2 Å². The third kappa shape index (κ3) is 9.54. The van der Waals surface area contributed by atoms with Crippen LogP contribution in [0.1, 0.15) is 72.3 Å². The number of ketones is 1. The average Bonchev–Trinajstić information content (AvgIpc) is 3.20. The van der Waals surface area contributed by atoms with Crippen LogP contribution in [-0.4, -0.2) is 86.1 Å². The van der Waals surface area contributed by atoms with Crippen molar-refractivity contribution in [3.63, 3.8) is 0 Å². The van der Waals surface area contributed by atoms with Crippen LogP contribution in [0.25, 0.3) is 0 Å². The summed E-state index contributed by atoms with van der Waals surface area (Å²) in [6.45, 7) is 9.82. The first-order valence-electron chi connectivity index (χ1n) is 13.4. The third-order valence-corrected chi connectivity index (χ3v) is 6.48. The van der Waals surface area contributed by atoms with Gasteiger partial charge in [0, 0.05) is 30.3 Å². The molecule has 0 radical (unpaired) electrons. The fourth-order valence-electron chi connectivity index (χ4n) is 4.06. The molecule has 13 nitrogen and oxygen atoms in total. The number of halogens is 3. The van der Waals surface area contributed by atoms with E-state index in [1.54, 1.807) is 30.9 Å². The molecule has 1 amide bonds. The van der Waals surface area contributed by atoms with Gasteiger partial charge in [0.15, 0.2) is 28.7 Å². The number of ether oxygens (including phenoxy) is 2. The van der Waals surface area contributed by atoms with Crippen molar-refractivity contribution in [1.82, 2.24) is 15.2 Å². The molecule has 3 rings (SSSR count). The number of amidine groups is 1. The number of carboxylic acid groups (broad SMARTS) is 1. The fraction of sp³-hybridized carbons (Fsp3) is 0.464. The minimum Gasteiger partial charge on any atom is -0.491 e. The number of pyridine rings is 1. The fourth-order valence-corrected chi connectivity index (χ4v) is 4.53. The van der Waals surface area contributed by atoms with E-state index in [9.17, 15) is 31.2 Å². The minimum absolute atomic E-state index is 0.0136. The zero-order valence-electron chi connectivity index (χ0n) is 25.7. The number of aliphatic carboxylic acids is 1. The quantitative estimate of drug-likeness (QED) is 0.250. The molecule has 0 saturated carbocycles. The van der Waals surface area contributed by atoms with Crippen molar-refractivity contribution >= 4 is 33.6 Å². The first-order chi connectivity index (χ1) is 20.6. The van der Waals surface area contributed by atoms with Crippen LogP contribution in [0.2, 0.25) is 0 Å². The number of carboxylic acids is 1. The molecule has 0 atom stereocenters. The van der Waals surface area contributed by atoms with Gasteiger partial charge in [-0.3, -0.25) is 15.0 Å². The monoisotopic (exact) mass is 660 g/mol. The molecule has 0 unspecified atom stereocenters. The highest BCUT2D eigenvalue weighted by Crippen LogP contribution is 2.41. The Morgan fingerprint density at radius 2 is 1.62 bits per heavy atom. The van der Waals surface area contributed by atoms with Crippen molar-refractivity contribution in [2.75, 3.05) is 33.1 Å². The number of aromatic nitrogens is 1. The average molecular weight is 661 g/mol. The lowest BCUT2D eigenvalue weighted by Gasteiger charge is -2.25. The highest BCUT2D eigenvalue weighted by atomic mass is 32.2. The summed E-state index contributed by atoms with van der Waals surface area (Å²) >= 11 is 0. The van der Waals surface area contributed by atoms with E-state index >= 15 is 0 Å². The van der Waals surface area contributed by atoms with Crippen molar-refractivity contribution in [1.29, 1.82) is 5.41 Å². The van der Waals surface area contributed by atoms with Gasteiger partial charge in [0.1, 0.15) is 11.5 Å². The number of rotatable bonds is 10. The number of fused-ring (bicyclic) bond motifs is 1. The van der Waals surface area contributed by atoms with Gasteiger partial charge < -0.3 is 29.0 Å². The summed E-state index contributed by atoms with van der Waals surface area (Å²) in [5.41, 5.74) is 1.26. The van der Waals surface area contributed by atoms with E-state index in [-0.39, 0.29) is 54.1 Å². The van der Waals surface area contributed by atoms with E-state index in [1.165, 1.54) is 13.1 Å². The predicted molar refractivity (Wildman–Crippen MR) is 156 cm³/mol. The maximum Gasteiger partial charge on any atom is 0.490 e. The zero-order chi connectivity index (χ0) is 34.5. The molecule has 1 aliphatic heterocycles. The van der Waals surface area contributed by atoms with E-state index in [0.29, 0.717) is 29.2 Å². The Balaban J connectivity index is 0.000000900. The van der Waals surface area contributed by atoms with Crippen molar-refractivity contribution in [2.24, 2.45) is 0 Å². The van der Waals surface area contributed by atoms with Crippen molar-refractivity contribution in [3.05, 3.63) is 46.3 Å². The lowest BCUT2D eigenvalue weighted by molar-refractivity contribution is -0.192. The Hall–Kier alpha value is -4.41. The van der Waals surface area contributed by atoms with Gasteiger partial charge in [-0.2, -0.15) is 21.6 Å².